The van der Waals surface area contributed by atoms with E-state index in [1.807, 2.05) is 45.4 Å². The van der Waals surface area contributed by atoms with Gasteiger partial charge in [0.05, 0.1) is 5.56 Å². The predicted molar refractivity (Wildman–Crippen MR) is 108 cm³/mol. The first-order valence-electron chi connectivity index (χ1n) is 9.50. The van der Waals surface area contributed by atoms with Crippen LogP contribution in [0.1, 0.15) is 23.9 Å². The van der Waals surface area contributed by atoms with Gasteiger partial charge in [-0.3, -0.25) is 9.36 Å². The highest BCUT2D eigenvalue weighted by Gasteiger charge is 2.57. The van der Waals surface area contributed by atoms with E-state index in [0.29, 0.717) is 23.6 Å². The molecule has 140 valence electrons. The van der Waals surface area contributed by atoms with Crippen molar-refractivity contribution in [2.75, 3.05) is 23.3 Å². The Hall–Kier alpha value is -3.00. The molecule has 3 aliphatic rings. The lowest BCUT2D eigenvalue weighted by Gasteiger charge is -2.35. The lowest BCUT2D eigenvalue weighted by Crippen LogP contribution is -2.46. The summed E-state index contributed by atoms with van der Waals surface area (Å²) >= 11 is 5.57. The molecule has 1 atom stereocenters. The molecule has 28 heavy (non-hydrogen) atoms. The Balaban J connectivity index is 1.78. The van der Waals surface area contributed by atoms with Gasteiger partial charge in [-0.15, -0.1) is 0 Å². The van der Waals surface area contributed by atoms with Crippen molar-refractivity contribution in [2.24, 2.45) is 0 Å². The van der Waals surface area contributed by atoms with Crippen LogP contribution in [0.3, 0.4) is 0 Å². The second-order valence-corrected chi connectivity index (χ2v) is 7.75. The van der Waals surface area contributed by atoms with Crippen molar-refractivity contribution >= 4 is 29.6 Å². The number of likely N-dealkylation sites (N-methyl/N-ethyl adjacent to an activating group) is 1. The Labute approximate surface area is 166 Å². The molecule has 5 heterocycles. The fraction of sp³-hybridized carbons (Fsp3) is 0.300. The number of hydrogen-bond donors (Lipinski definition) is 1. The maximum atomic E-state index is 13.9. The molecule has 0 saturated carbocycles. The SMILES string of the molecule is CCN1C(=O)C2(Cc3nccn3-c3nc(=S)n4c(c32)NCC4)c2ccccc21. The van der Waals surface area contributed by atoms with Gasteiger partial charge in [0.2, 0.25) is 10.7 Å². The smallest absolute Gasteiger partial charge is 0.242 e. The molecule has 0 aliphatic carbocycles. The van der Waals surface area contributed by atoms with E-state index >= 15 is 0 Å². The number of para-hydroxylation sites is 1. The molecule has 0 radical (unpaired) electrons. The highest BCUT2D eigenvalue weighted by molar-refractivity contribution is 7.71. The Morgan fingerprint density at radius 2 is 2.18 bits per heavy atom. The van der Waals surface area contributed by atoms with Crippen molar-refractivity contribution in [2.45, 2.75) is 25.3 Å². The van der Waals surface area contributed by atoms with Crippen molar-refractivity contribution in [3.63, 3.8) is 0 Å². The molecule has 6 rings (SSSR count). The van der Waals surface area contributed by atoms with Gasteiger partial charge in [0, 0.05) is 44.1 Å². The highest BCUT2D eigenvalue weighted by Crippen LogP contribution is 2.53. The van der Waals surface area contributed by atoms with Gasteiger partial charge in [-0.1, -0.05) is 18.2 Å². The summed E-state index contributed by atoms with van der Waals surface area (Å²) < 4.78 is 4.52. The summed E-state index contributed by atoms with van der Waals surface area (Å²) in [5, 5.41) is 3.48. The maximum Gasteiger partial charge on any atom is 0.242 e. The lowest BCUT2D eigenvalue weighted by molar-refractivity contribution is -0.122. The summed E-state index contributed by atoms with van der Waals surface area (Å²) in [5.41, 5.74) is 2.07. The number of nitrogens with one attached hydrogen (secondary N) is 1. The van der Waals surface area contributed by atoms with E-state index in [2.05, 4.69) is 16.4 Å². The largest absolute Gasteiger partial charge is 0.369 e. The van der Waals surface area contributed by atoms with Crippen molar-refractivity contribution in [3.8, 4) is 5.82 Å². The van der Waals surface area contributed by atoms with Gasteiger partial charge in [-0.25, -0.2) is 9.97 Å². The molecule has 0 bridgehead atoms. The van der Waals surface area contributed by atoms with Gasteiger partial charge in [0.15, 0.2) is 0 Å². The fourth-order valence-corrected chi connectivity index (χ4v) is 5.29. The minimum Gasteiger partial charge on any atom is -0.369 e. The number of rotatable bonds is 1. The van der Waals surface area contributed by atoms with E-state index < -0.39 is 5.41 Å². The van der Waals surface area contributed by atoms with Crippen LogP contribution in [0.4, 0.5) is 11.5 Å². The number of carbonyl (C=O) groups excluding carboxylic acids is 1. The van der Waals surface area contributed by atoms with Crippen LogP contribution < -0.4 is 10.2 Å². The van der Waals surface area contributed by atoms with Crippen LogP contribution in [0.15, 0.2) is 36.7 Å². The average molecular weight is 390 g/mol. The molecule has 1 N–H and O–H groups in total. The Morgan fingerprint density at radius 1 is 1.32 bits per heavy atom. The van der Waals surface area contributed by atoms with Crippen LogP contribution in [-0.2, 0) is 23.2 Å². The van der Waals surface area contributed by atoms with E-state index in [4.69, 9.17) is 17.2 Å². The van der Waals surface area contributed by atoms with Crippen molar-refractivity contribution in [1.82, 2.24) is 19.1 Å². The second kappa shape index (κ2) is 5.29. The Morgan fingerprint density at radius 3 is 3.04 bits per heavy atom. The molecule has 1 unspecified atom stereocenters. The third kappa shape index (κ3) is 1.70. The Bertz CT molecular complexity index is 1230. The standard InChI is InChI=1S/C20H18N6OS/c1-2-24-13-6-4-3-5-12(13)20(18(24)27)11-14-21-7-9-25(14)17-15(20)16-22-8-10-26(16)19(28)23-17/h3-7,9,22H,2,8,10-11H2,1H3. The van der Waals surface area contributed by atoms with E-state index in [9.17, 15) is 4.79 Å². The first-order chi connectivity index (χ1) is 13.7. The van der Waals surface area contributed by atoms with Gasteiger partial charge < -0.3 is 14.8 Å². The second-order valence-electron chi connectivity index (χ2n) is 7.38. The zero-order valence-electron chi connectivity index (χ0n) is 15.3. The van der Waals surface area contributed by atoms with Gasteiger partial charge in [-0.2, -0.15) is 0 Å². The number of amides is 1. The van der Waals surface area contributed by atoms with Crippen molar-refractivity contribution in [1.29, 1.82) is 0 Å². The fourth-order valence-electron chi connectivity index (χ4n) is 5.02. The minimum atomic E-state index is -0.840. The first-order valence-corrected chi connectivity index (χ1v) is 9.91. The number of aromatic nitrogens is 4. The third-order valence-corrected chi connectivity index (χ3v) is 6.48. The molecule has 1 spiro atoms. The van der Waals surface area contributed by atoms with E-state index in [1.165, 1.54) is 0 Å². The Kier molecular flexibility index (Phi) is 3.02. The summed E-state index contributed by atoms with van der Waals surface area (Å²) in [5.74, 6) is 2.54. The van der Waals surface area contributed by atoms with Gasteiger partial charge >= 0.3 is 0 Å². The molecule has 1 amide bonds. The normalized spacial score (nSPS) is 21.3. The van der Waals surface area contributed by atoms with Crippen molar-refractivity contribution in [3.05, 3.63) is 58.4 Å². The van der Waals surface area contributed by atoms with E-state index in [-0.39, 0.29) is 5.91 Å². The minimum absolute atomic E-state index is 0.0853. The quantitative estimate of drug-likeness (QED) is 0.647. The zero-order valence-corrected chi connectivity index (χ0v) is 16.2. The number of benzene rings is 1. The molecule has 1 aromatic carbocycles. The third-order valence-electron chi connectivity index (χ3n) is 6.17. The molecule has 7 nitrogen and oxygen atoms in total. The highest BCUT2D eigenvalue weighted by atomic mass is 32.1. The van der Waals surface area contributed by atoms with E-state index in [0.717, 1.165) is 41.5 Å². The van der Waals surface area contributed by atoms with Crippen LogP contribution >= 0.6 is 12.2 Å². The van der Waals surface area contributed by atoms with Gasteiger partial charge in [-0.05, 0) is 30.8 Å². The summed E-state index contributed by atoms with van der Waals surface area (Å²) in [7, 11) is 0. The predicted octanol–water partition coefficient (Wildman–Crippen LogP) is 2.43. The summed E-state index contributed by atoms with van der Waals surface area (Å²) in [6.45, 7) is 4.17. The average Bonchev–Trinajstić information content (AvgIpc) is 3.41. The van der Waals surface area contributed by atoms with E-state index in [1.54, 1.807) is 6.20 Å². The van der Waals surface area contributed by atoms with Gasteiger partial charge in [0.1, 0.15) is 22.9 Å². The number of fused-ring (bicyclic) bond motifs is 8. The lowest BCUT2D eigenvalue weighted by atomic mass is 9.71. The van der Waals surface area contributed by atoms with Gasteiger partial charge in [0.25, 0.3) is 0 Å². The molecule has 8 heteroatoms. The first kappa shape index (κ1) is 16.0. The number of anilines is 2. The summed E-state index contributed by atoms with van der Waals surface area (Å²) in [6.07, 6.45) is 4.17. The molecule has 0 saturated heterocycles. The molecule has 0 fully saturated rings. The molecular formula is C20H18N6OS. The van der Waals surface area contributed by atoms with Crippen LogP contribution in [0.5, 0.6) is 0 Å². The number of imidazole rings is 1. The summed E-state index contributed by atoms with van der Waals surface area (Å²) in [4.78, 5) is 25.1. The number of carbonyl (C=O) groups is 1. The maximum absolute atomic E-state index is 13.9. The topological polar surface area (TPSA) is 68.0 Å². The number of nitrogens with zero attached hydrogens (tertiary/aromatic N) is 5. The van der Waals surface area contributed by atoms with Crippen LogP contribution in [0, 0.1) is 4.77 Å². The van der Waals surface area contributed by atoms with Crippen LogP contribution in [-0.4, -0.2) is 38.1 Å². The zero-order chi connectivity index (χ0) is 19.0. The molecule has 3 aliphatic heterocycles. The molecule has 3 aromatic rings. The van der Waals surface area contributed by atoms with Crippen LogP contribution in [0.25, 0.3) is 5.82 Å². The number of hydrogen-bond acceptors (Lipinski definition) is 5. The monoisotopic (exact) mass is 390 g/mol. The van der Waals surface area contributed by atoms with Crippen LogP contribution in [0.2, 0.25) is 0 Å². The molecular weight excluding hydrogens is 372 g/mol. The molecule has 2 aromatic heterocycles. The summed E-state index contributed by atoms with van der Waals surface area (Å²) in [6, 6.07) is 8.09. The van der Waals surface area contributed by atoms with Crippen molar-refractivity contribution < 1.29 is 4.79 Å².